The summed E-state index contributed by atoms with van der Waals surface area (Å²) in [6.45, 7) is 5.52. The third kappa shape index (κ3) is 4.82. The van der Waals surface area contributed by atoms with Crippen LogP contribution in [0.25, 0.3) is 33.7 Å². The van der Waals surface area contributed by atoms with Gasteiger partial charge < -0.3 is 14.8 Å². The molecule has 37 heavy (non-hydrogen) atoms. The predicted molar refractivity (Wildman–Crippen MR) is 131 cm³/mol. The Morgan fingerprint density at radius 1 is 1.19 bits per heavy atom. The second-order valence-corrected chi connectivity index (χ2v) is 9.62. The minimum absolute atomic E-state index is 0.132. The Bertz CT molecular complexity index is 1600. The highest BCUT2D eigenvalue weighted by Gasteiger charge is 2.24. The van der Waals surface area contributed by atoms with Crippen molar-refractivity contribution in [2.24, 2.45) is 7.05 Å². The Labute approximate surface area is 210 Å². The first-order valence-electron chi connectivity index (χ1n) is 11.5. The van der Waals surface area contributed by atoms with Crippen molar-refractivity contribution in [3.8, 4) is 22.5 Å². The molecular formula is C25H24F2N8O2. The highest BCUT2D eigenvalue weighted by atomic mass is 19.3. The van der Waals surface area contributed by atoms with E-state index >= 15 is 0 Å². The zero-order chi connectivity index (χ0) is 26.3. The van der Waals surface area contributed by atoms with Crippen molar-refractivity contribution >= 4 is 17.1 Å². The monoisotopic (exact) mass is 506 g/mol. The van der Waals surface area contributed by atoms with Gasteiger partial charge in [-0.3, -0.25) is 9.48 Å². The molecule has 0 aliphatic carbocycles. The number of benzene rings is 1. The molecule has 0 fully saturated rings. The maximum Gasteiger partial charge on any atom is 0.315 e. The number of aromatic nitrogens is 7. The number of fused-ring (bicyclic) bond motifs is 1. The number of pyridine rings is 1. The molecule has 0 aliphatic rings. The van der Waals surface area contributed by atoms with Gasteiger partial charge in [0.2, 0.25) is 0 Å². The molecule has 0 spiro atoms. The van der Waals surface area contributed by atoms with E-state index in [1.54, 1.807) is 42.3 Å². The number of rotatable bonds is 6. The van der Waals surface area contributed by atoms with Crippen molar-refractivity contribution in [2.45, 2.75) is 39.2 Å². The lowest BCUT2D eigenvalue weighted by Gasteiger charge is -2.12. The molecule has 0 bridgehead atoms. The van der Waals surface area contributed by atoms with E-state index in [-0.39, 0.29) is 23.6 Å². The van der Waals surface area contributed by atoms with Crippen molar-refractivity contribution < 1.29 is 18.1 Å². The first kappa shape index (κ1) is 24.2. The Morgan fingerprint density at radius 3 is 2.68 bits per heavy atom. The van der Waals surface area contributed by atoms with Gasteiger partial charge in [0.1, 0.15) is 5.82 Å². The van der Waals surface area contributed by atoms with E-state index in [4.69, 9.17) is 4.52 Å². The molecule has 0 atom stereocenters. The summed E-state index contributed by atoms with van der Waals surface area (Å²) in [6.07, 6.45) is 2.31. The normalized spacial score (nSPS) is 12.0. The highest BCUT2D eigenvalue weighted by Crippen LogP contribution is 2.33. The number of halogens is 2. The van der Waals surface area contributed by atoms with E-state index in [1.807, 2.05) is 27.0 Å². The molecule has 0 radical (unpaired) electrons. The van der Waals surface area contributed by atoms with Crippen LogP contribution < -0.4 is 5.32 Å². The molecular weight excluding hydrogens is 482 g/mol. The summed E-state index contributed by atoms with van der Waals surface area (Å²) in [7, 11) is 1.80. The van der Waals surface area contributed by atoms with Gasteiger partial charge in [-0.25, -0.2) is 18.7 Å². The third-order valence-corrected chi connectivity index (χ3v) is 5.79. The minimum atomic E-state index is -2.76. The fourth-order valence-electron chi connectivity index (χ4n) is 3.83. The van der Waals surface area contributed by atoms with Crippen LogP contribution in [-0.4, -0.2) is 40.8 Å². The summed E-state index contributed by atoms with van der Waals surface area (Å²) in [6, 6.07) is 6.44. The van der Waals surface area contributed by atoms with E-state index in [2.05, 4.69) is 35.5 Å². The van der Waals surface area contributed by atoms with Gasteiger partial charge in [-0.15, -0.1) is 0 Å². The number of imidazole rings is 1. The third-order valence-electron chi connectivity index (χ3n) is 5.79. The SMILES string of the molecule is Cn1cc(-c2nc3nccc(-c4ccc(CNC(=O)c5nc(C(C)(C)C)no5)c(C(F)F)c4)c3[nH]2)cn1. The van der Waals surface area contributed by atoms with Crippen molar-refractivity contribution in [1.29, 1.82) is 0 Å². The zero-order valence-corrected chi connectivity index (χ0v) is 20.6. The van der Waals surface area contributed by atoms with Gasteiger partial charge in [0, 0.05) is 42.5 Å². The summed E-state index contributed by atoms with van der Waals surface area (Å²) in [5, 5.41) is 10.6. The average Bonchev–Trinajstić information content (AvgIpc) is 3.60. The van der Waals surface area contributed by atoms with Crippen LogP contribution in [0.15, 0.2) is 47.4 Å². The molecule has 10 nitrogen and oxygen atoms in total. The predicted octanol–water partition coefficient (Wildman–Crippen LogP) is 4.57. The number of H-pyrrole nitrogens is 1. The van der Waals surface area contributed by atoms with Crippen LogP contribution in [0.5, 0.6) is 0 Å². The summed E-state index contributed by atoms with van der Waals surface area (Å²) in [5.41, 5.74) is 2.77. The van der Waals surface area contributed by atoms with Crippen molar-refractivity contribution in [1.82, 2.24) is 40.2 Å². The number of carbonyl (C=O) groups excluding carboxylic acids is 1. The number of alkyl halides is 2. The van der Waals surface area contributed by atoms with E-state index in [0.717, 1.165) is 5.56 Å². The molecule has 0 aliphatic heterocycles. The van der Waals surface area contributed by atoms with Crippen LogP contribution in [0.1, 0.15) is 54.8 Å². The lowest BCUT2D eigenvalue weighted by Crippen LogP contribution is -2.24. The van der Waals surface area contributed by atoms with Crippen molar-refractivity contribution in [3.05, 3.63) is 65.7 Å². The largest absolute Gasteiger partial charge is 0.344 e. The van der Waals surface area contributed by atoms with Gasteiger partial charge in [-0.05, 0) is 23.3 Å². The van der Waals surface area contributed by atoms with Gasteiger partial charge in [0.25, 0.3) is 6.43 Å². The van der Waals surface area contributed by atoms with E-state index in [1.165, 1.54) is 6.07 Å². The minimum Gasteiger partial charge on any atom is -0.344 e. The molecule has 12 heteroatoms. The average molecular weight is 507 g/mol. The quantitative estimate of drug-likeness (QED) is 0.345. The van der Waals surface area contributed by atoms with Crippen LogP contribution in [0, 0.1) is 0 Å². The zero-order valence-electron chi connectivity index (χ0n) is 20.6. The number of nitrogens with zero attached hydrogens (tertiary/aromatic N) is 6. The summed E-state index contributed by atoms with van der Waals surface area (Å²) < 4.78 is 34.8. The van der Waals surface area contributed by atoms with Gasteiger partial charge in [-0.1, -0.05) is 38.1 Å². The standard InChI is InChI=1S/C25H24F2N8O2/c1-25(2,3)24-33-23(37-34-24)22(36)29-10-14-6-5-13(9-17(14)19(26)27)16-7-8-28-21-18(16)31-20(32-21)15-11-30-35(4)12-15/h5-9,11-12,19H,10H2,1-4H3,(H,29,36)(H,28,31,32). The Balaban J connectivity index is 1.42. The maximum atomic E-state index is 14.1. The first-order valence-corrected chi connectivity index (χ1v) is 11.5. The molecule has 5 rings (SSSR count). The molecule has 1 aromatic carbocycles. The molecule has 4 aromatic heterocycles. The molecule has 4 heterocycles. The van der Waals surface area contributed by atoms with Gasteiger partial charge >= 0.3 is 11.8 Å². The number of nitrogens with one attached hydrogen (secondary N) is 2. The molecule has 5 aromatic rings. The molecule has 2 N–H and O–H groups in total. The molecule has 0 saturated heterocycles. The maximum absolute atomic E-state index is 14.1. The number of hydrogen-bond donors (Lipinski definition) is 2. The van der Waals surface area contributed by atoms with E-state index in [0.29, 0.717) is 33.9 Å². The van der Waals surface area contributed by atoms with Crippen molar-refractivity contribution in [3.63, 3.8) is 0 Å². The van der Waals surface area contributed by atoms with Crippen LogP contribution in [0.3, 0.4) is 0 Å². The number of amides is 1. The molecule has 0 saturated carbocycles. The lowest BCUT2D eigenvalue weighted by atomic mass is 9.96. The Kier molecular flexibility index (Phi) is 6.02. The number of aromatic amines is 1. The fraction of sp³-hybridized carbons (Fsp3) is 0.280. The Hall–Kier alpha value is -4.48. The Morgan fingerprint density at radius 2 is 2.00 bits per heavy atom. The van der Waals surface area contributed by atoms with Crippen LogP contribution in [-0.2, 0) is 19.0 Å². The first-order chi connectivity index (χ1) is 17.6. The van der Waals surface area contributed by atoms with E-state index in [9.17, 15) is 13.6 Å². The lowest BCUT2D eigenvalue weighted by molar-refractivity contribution is 0.0905. The number of aryl methyl sites for hydroxylation is 1. The van der Waals surface area contributed by atoms with Crippen LogP contribution in [0.4, 0.5) is 8.78 Å². The van der Waals surface area contributed by atoms with E-state index < -0.39 is 17.7 Å². The second kappa shape index (κ2) is 9.19. The fourth-order valence-corrected chi connectivity index (χ4v) is 3.83. The topological polar surface area (TPSA) is 127 Å². The summed E-state index contributed by atoms with van der Waals surface area (Å²) in [4.78, 5) is 28.6. The van der Waals surface area contributed by atoms with Gasteiger partial charge in [0.05, 0.1) is 17.3 Å². The number of carbonyl (C=O) groups is 1. The smallest absolute Gasteiger partial charge is 0.315 e. The molecule has 1 amide bonds. The van der Waals surface area contributed by atoms with Crippen LogP contribution in [0.2, 0.25) is 0 Å². The summed E-state index contributed by atoms with van der Waals surface area (Å²) in [5.74, 6) is 0.100. The molecule has 190 valence electrons. The molecule has 0 unspecified atom stereocenters. The number of hydrogen-bond acceptors (Lipinski definition) is 7. The highest BCUT2D eigenvalue weighted by molar-refractivity contribution is 5.92. The summed E-state index contributed by atoms with van der Waals surface area (Å²) >= 11 is 0. The van der Waals surface area contributed by atoms with Crippen LogP contribution >= 0.6 is 0 Å². The second-order valence-electron chi connectivity index (χ2n) is 9.62. The van der Waals surface area contributed by atoms with Gasteiger partial charge in [-0.2, -0.15) is 10.1 Å². The van der Waals surface area contributed by atoms with Crippen molar-refractivity contribution in [2.75, 3.05) is 0 Å². The van der Waals surface area contributed by atoms with Gasteiger partial charge in [0.15, 0.2) is 11.5 Å².